The lowest BCUT2D eigenvalue weighted by molar-refractivity contribution is -0.121. The molecule has 0 aromatic heterocycles. The summed E-state index contributed by atoms with van der Waals surface area (Å²) in [6.07, 6.45) is 2.42. The van der Waals surface area contributed by atoms with E-state index in [9.17, 15) is 4.79 Å². The number of carbonyl (C=O) groups is 1. The van der Waals surface area contributed by atoms with E-state index in [4.69, 9.17) is 5.73 Å². The first-order chi connectivity index (χ1) is 11.7. The Morgan fingerprint density at radius 3 is 2.46 bits per heavy atom. The zero-order valence-electron chi connectivity index (χ0n) is 13.9. The van der Waals surface area contributed by atoms with Gasteiger partial charge in [0.2, 0.25) is 5.91 Å². The van der Waals surface area contributed by atoms with Gasteiger partial charge in [-0.2, -0.15) is 0 Å². The van der Waals surface area contributed by atoms with Crippen LogP contribution >= 0.6 is 0 Å². The van der Waals surface area contributed by atoms with Gasteiger partial charge in [0, 0.05) is 31.4 Å². The molecule has 1 saturated heterocycles. The number of piperidine rings is 1. The number of likely N-dealkylation sites (tertiary alicyclic amines) is 1. The van der Waals surface area contributed by atoms with Gasteiger partial charge in [-0.15, -0.1) is 0 Å². The molecule has 3 N–H and O–H groups in total. The number of nitrogens with one attached hydrogen (secondary N) is 1. The summed E-state index contributed by atoms with van der Waals surface area (Å²) < 4.78 is 0. The molecular weight excluding hydrogens is 298 g/mol. The molecule has 0 unspecified atom stereocenters. The molecule has 4 heteroatoms. The van der Waals surface area contributed by atoms with Crippen LogP contribution in [0.4, 0.5) is 5.69 Å². The van der Waals surface area contributed by atoms with E-state index in [1.54, 1.807) is 0 Å². The summed E-state index contributed by atoms with van der Waals surface area (Å²) in [5.41, 5.74) is 8.78. The number of nitrogens with zero attached hydrogens (tertiary/aromatic N) is 1. The highest BCUT2D eigenvalue weighted by Crippen LogP contribution is 2.14. The second kappa shape index (κ2) is 7.97. The van der Waals surface area contributed by atoms with Gasteiger partial charge in [-0.25, -0.2) is 0 Å². The molecule has 0 spiro atoms. The Hall–Kier alpha value is -2.33. The van der Waals surface area contributed by atoms with Crippen LogP contribution in [0.25, 0.3) is 0 Å². The van der Waals surface area contributed by atoms with E-state index in [1.807, 2.05) is 30.3 Å². The van der Waals surface area contributed by atoms with Crippen LogP contribution in [0.15, 0.2) is 54.6 Å². The van der Waals surface area contributed by atoms with E-state index in [-0.39, 0.29) is 11.9 Å². The first kappa shape index (κ1) is 16.5. The van der Waals surface area contributed by atoms with Crippen LogP contribution in [-0.2, 0) is 17.8 Å². The first-order valence-electron chi connectivity index (χ1n) is 8.59. The number of nitrogen functional groups attached to an aromatic ring is 1. The fourth-order valence-corrected chi connectivity index (χ4v) is 3.24. The van der Waals surface area contributed by atoms with Gasteiger partial charge in [-0.3, -0.25) is 9.69 Å². The summed E-state index contributed by atoms with van der Waals surface area (Å²) in [7, 11) is 0. The second-order valence-electron chi connectivity index (χ2n) is 6.53. The molecule has 1 amide bonds. The average Bonchev–Trinajstić information content (AvgIpc) is 2.57. The van der Waals surface area contributed by atoms with E-state index >= 15 is 0 Å². The molecule has 0 aliphatic carbocycles. The summed E-state index contributed by atoms with van der Waals surface area (Å²) in [4.78, 5) is 14.7. The van der Waals surface area contributed by atoms with Gasteiger partial charge in [0.05, 0.1) is 6.42 Å². The van der Waals surface area contributed by atoms with Crippen molar-refractivity contribution in [1.29, 1.82) is 0 Å². The molecular formula is C20H25N3O. The van der Waals surface area contributed by atoms with Crippen molar-refractivity contribution in [3.63, 3.8) is 0 Å². The Bertz CT molecular complexity index is 664. The van der Waals surface area contributed by atoms with E-state index in [1.165, 1.54) is 5.56 Å². The smallest absolute Gasteiger partial charge is 0.224 e. The number of nitrogens with two attached hydrogens (primary N) is 1. The Morgan fingerprint density at radius 2 is 1.75 bits per heavy atom. The molecule has 0 radical (unpaired) electrons. The Labute approximate surface area is 143 Å². The average molecular weight is 323 g/mol. The quantitative estimate of drug-likeness (QED) is 0.832. The molecule has 1 aliphatic rings. The predicted molar refractivity (Wildman–Crippen MR) is 97.4 cm³/mol. The molecule has 1 aliphatic heterocycles. The van der Waals surface area contributed by atoms with Crippen LogP contribution in [0, 0.1) is 0 Å². The molecule has 3 rings (SSSR count). The molecule has 24 heavy (non-hydrogen) atoms. The molecule has 1 fully saturated rings. The molecule has 0 atom stereocenters. The van der Waals surface area contributed by atoms with Crippen molar-refractivity contribution in [2.45, 2.75) is 31.8 Å². The van der Waals surface area contributed by atoms with Gasteiger partial charge < -0.3 is 11.1 Å². The topological polar surface area (TPSA) is 58.4 Å². The maximum Gasteiger partial charge on any atom is 0.224 e. The van der Waals surface area contributed by atoms with Crippen molar-refractivity contribution >= 4 is 11.6 Å². The van der Waals surface area contributed by atoms with Gasteiger partial charge in [-0.1, -0.05) is 42.5 Å². The summed E-state index contributed by atoms with van der Waals surface area (Å²) >= 11 is 0. The first-order valence-corrected chi connectivity index (χ1v) is 8.59. The third kappa shape index (κ3) is 4.83. The molecule has 0 saturated carbocycles. The lowest BCUT2D eigenvalue weighted by Crippen LogP contribution is -2.44. The lowest BCUT2D eigenvalue weighted by atomic mass is 10.0. The van der Waals surface area contributed by atoms with Crippen LogP contribution in [-0.4, -0.2) is 29.9 Å². The van der Waals surface area contributed by atoms with Gasteiger partial charge in [0.15, 0.2) is 0 Å². The maximum absolute atomic E-state index is 12.2. The van der Waals surface area contributed by atoms with Crippen molar-refractivity contribution < 1.29 is 4.79 Å². The van der Waals surface area contributed by atoms with E-state index in [0.29, 0.717) is 12.1 Å². The van der Waals surface area contributed by atoms with Gasteiger partial charge in [0.25, 0.3) is 0 Å². The summed E-state index contributed by atoms with van der Waals surface area (Å²) in [5, 5.41) is 3.16. The molecule has 0 bridgehead atoms. The van der Waals surface area contributed by atoms with Crippen molar-refractivity contribution in [3.8, 4) is 0 Å². The third-order valence-electron chi connectivity index (χ3n) is 4.52. The molecule has 2 aromatic rings. The third-order valence-corrected chi connectivity index (χ3v) is 4.52. The van der Waals surface area contributed by atoms with E-state index in [0.717, 1.165) is 38.0 Å². The minimum Gasteiger partial charge on any atom is -0.399 e. The fourth-order valence-electron chi connectivity index (χ4n) is 3.24. The van der Waals surface area contributed by atoms with Crippen molar-refractivity contribution in [1.82, 2.24) is 10.2 Å². The van der Waals surface area contributed by atoms with Crippen molar-refractivity contribution in [3.05, 3.63) is 65.7 Å². The van der Waals surface area contributed by atoms with E-state index < -0.39 is 0 Å². The standard InChI is InChI=1S/C20H25N3O/c21-18-8-4-7-17(13-18)14-20(24)22-19-9-11-23(12-10-19)15-16-5-2-1-3-6-16/h1-8,13,19H,9-12,14-15,21H2,(H,22,24). The highest BCUT2D eigenvalue weighted by Gasteiger charge is 2.20. The zero-order chi connectivity index (χ0) is 16.8. The Balaban J connectivity index is 1.42. The van der Waals surface area contributed by atoms with Crippen LogP contribution in [0.5, 0.6) is 0 Å². The maximum atomic E-state index is 12.2. The van der Waals surface area contributed by atoms with Crippen molar-refractivity contribution in [2.75, 3.05) is 18.8 Å². The predicted octanol–water partition coefficient (Wildman–Crippen LogP) is 2.59. The van der Waals surface area contributed by atoms with Crippen LogP contribution in [0.3, 0.4) is 0 Å². The minimum atomic E-state index is 0.0853. The summed E-state index contributed by atoms with van der Waals surface area (Å²) in [6.45, 7) is 3.04. The molecule has 1 heterocycles. The van der Waals surface area contributed by atoms with Gasteiger partial charge >= 0.3 is 0 Å². The number of hydrogen-bond acceptors (Lipinski definition) is 3. The van der Waals surface area contributed by atoms with Gasteiger partial charge in [0.1, 0.15) is 0 Å². The van der Waals surface area contributed by atoms with Crippen LogP contribution in [0.1, 0.15) is 24.0 Å². The minimum absolute atomic E-state index is 0.0853. The number of anilines is 1. The summed E-state index contributed by atoms with van der Waals surface area (Å²) in [6, 6.07) is 18.4. The molecule has 4 nitrogen and oxygen atoms in total. The number of hydrogen-bond donors (Lipinski definition) is 2. The molecule has 2 aromatic carbocycles. The number of amides is 1. The van der Waals surface area contributed by atoms with Crippen LogP contribution < -0.4 is 11.1 Å². The van der Waals surface area contributed by atoms with E-state index in [2.05, 4.69) is 34.5 Å². The van der Waals surface area contributed by atoms with Crippen molar-refractivity contribution in [2.24, 2.45) is 0 Å². The highest BCUT2D eigenvalue weighted by atomic mass is 16.1. The lowest BCUT2D eigenvalue weighted by Gasteiger charge is -2.32. The zero-order valence-corrected chi connectivity index (χ0v) is 13.9. The number of carbonyl (C=O) groups excluding carboxylic acids is 1. The second-order valence-corrected chi connectivity index (χ2v) is 6.53. The monoisotopic (exact) mass is 323 g/mol. The number of benzene rings is 2. The normalized spacial score (nSPS) is 16.0. The Morgan fingerprint density at radius 1 is 1.04 bits per heavy atom. The Kier molecular flexibility index (Phi) is 5.49. The largest absolute Gasteiger partial charge is 0.399 e. The van der Waals surface area contributed by atoms with Crippen LogP contribution in [0.2, 0.25) is 0 Å². The SMILES string of the molecule is Nc1cccc(CC(=O)NC2CCN(Cc3ccccc3)CC2)c1. The molecule has 126 valence electrons. The van der Waals surface area contributed by atoms with Gasteiger partial charge in [-0.05, 0) is 36.1 Å². The summed E-state index contributed by atoms with van der Waals surface area (Å²) in [5.74, 6) is 0.0853. The fraction of sp³-hybridized carbons (Fsp3) is 0.350. The number of rotatable bonds is 5. The highest BCUT2D eigenvalue weighted by molar-refractivity contribution is 5.79.